The number of methoxy groups -OCH3 is 1. The maximum absolute atomic E-state index is 12.8. The molecule has 8 nitrogen and oxygen atoms in total. The molecule has 2 aliphatic rings. The topological polar surface area (TPSA) is 90.2 Å². The maximum Gasteiger partial charge on any atom is 0.290 e. The van der Waals surface area contributed by atoms with Gasteiger partial charge in [0.05, 0.1) is 19.5 Å². The number of furan rings is 1. The van der Waals surface area contributed by atoms with E-state index in [0.717, 1.165) is 31.4 Å². The molecule has 2 unspecified atom stereocenters. The molecular weight excluding hydrogens is 400 g/mol. The van der Waals surface area contributed by atoms with Crippen molar-refractivity contribution in [2.45, 2.75) is 44.4 Å². The highest BCUT2D eigenvalue weighted by Gasteiger charge is 2.35. The summed E-state index contributed by atoms with van der Waals surface area (Å²) in [4.78, 5) is 26.9. The Kier molecular flexibility index (Phi) is 6.76. The molecule has 0 bridgehead atoms. The Balaban J connectivity index is 1.33. The van der Waals surface area contributed by atoms with Crippen LogP contribution in [0, 0.1) is 0 Å². The van der Waals surface area contributed by atoms with Crippen LogP contribution in [0.15, 0.2) is 41.0 Å². The largest absolute Gasteiger partial charge is 0.493 e. The zero-order valence-corrected chi connectivity index (χ0v) is 17.7. The first-order valence-corrected chi connectivity index (χ1v) is 10.7. The molecule has 0 radical (unpaired) electrons. The monoisotopic (exact) mass is 428 g/mol. The molecule has 2 saturated heterocycles. The molecule has 0 aliphatic carbocycles. The van der Waals surface area contributed by atoms with Gasteiger partial charge in [0.2, 0.25) is 5.91 Å². The number of hydrogen-bond acceptors (Lipinski definition) is 6. The number of benzene rings is 1. The number of likely N-dealkylation sites (tertiary alicyclic amines) is 1. The quantitative estimate of drug-likeness (QED) is 0.695. The summed E-state index contributed by atoms with van der Waals surface area (Å²) in [6.07, 6.45) is 5.08. The summed E-state index contributed by atoms with van der Waals surface area (Å²) in [6, 6.07) is 8.38. The average Bonchev–Trinajstić information content (AvgIpc) is 3.58. The molecule has 2 amide bonds. The number of amides is 2. The Bertz CT molecular complexity index is 891. The molecule has 4 rings (SSSR count). The van der Waals surface area contributed by atoms with Crippen molar-refractivity contribution in [2.75, 3.05) is 26.9 Å². The van der Waals surface area contributed by atoms with Crippen LogP contribution in [-0.2, 0) is 16.1 Å². The zero-order valence-electron chi connectivity index (χ0n) is 17.7. The van der Waals surface area contributed by atoms with Crippen LogP contribution in [-0.4, -0.2) is 55.7 Å². The van der Waals surface area contributed by atoms with Gasteiger partial charge in [-0.1, -0.05) is 6.07 Å². The highest BCUT2D eigenvalue weighted by molar-refractivity contribution is 5.95. The first-order valence-electron chi connectivity index (χ1n) is 10.7. The van der Waals surface area contributed by atoms with E-state index in [9.17, 15) is 9.59 Å². The molecule has 3 heterocycles. The van der Waals surface area contributed by atoms with E-state index >= 15 is 0 Å². The standard InChI is InChI=1S/C23H28N2O6/c1-28-21-13-16(8-9-19(21)31-15-17-5-3-11-29-17)14-24-22(26)18-6-2-10-25(18)23(27)20-7-4-12-30-20/h4,7-9,12-13,17-18H,2-3,5-6,10-11,14-15H2,1H3,(H,24,26). The van der Waals surface area contributed by atoms with Crippen LogP contribution in [0.5, 0.6) is 11.5 Å². The van der Waals surface area contributed by atoms with Crippen molar-refractivity contribution in [3.05, 3.63) is 47.9 Å². The summed E-state index contributed by atoms with van der Waals surface area (Å²) in [5, 5.41) is 2.94. The number of rotatable bonds is 8. The van der Waals surface area contributed by atoms with Crippen molar-refractivity contribution >= 4 is 11.8 Å². The number of ether oxygens (including phenoxy) is 3. The molecule has 2 aromatic rings. The molecule has 166 valence electrons. The van der Waals surface area contributed by atoms with Crippen LogP contribution in [0.2, 0.25) is 0 Å². The minimum absolute atomic E-state index is 0.127. The second-order valence-corrected chi connectivity index (χ2v) is 7.78. The Morgan fingerprint density at radius 3 is 2.84 bits per heavy atom. The van der Waals surface area contributed by atoms with Gasteiger partial charge in [-0.25, -0.2) is 0 Å². The van der Waals surface area contributed by atoms with Gasteiger partial charge >= 0.3 is 0 Å². The maximum atomic E-state index is 12.8. The Labute approximate surface area is 181 Å². The average molecular weight is 428 g/mol. The molecule has 8 heteroatoms. The van der Waals surface area contributed by atoms with Crippen LogP contribution < -0.4 is 14.8 Å². The lowest BCUT2D eigenvalue weighted by Gasteiger charge is -2.23. The number of carbonyl (C=O) groups is 2. The molecule has 1 N–H and O–H groups in total. The molecule has 2 aliphatic heterocycles. The van der Waals surface area contributed by atoms with Gasteiger partial charge in [0, 0.05) is 19.7 Å². The number of nitrogens with zero attached hydrogens (tertiary/aromatic N) is 1. The van der Waals surface area contributed by atoms with Crippen LogP contribution in [0.3, 0.4) is 0 Å². The van der Waals surface area contributed by atoms with Crippen LogP contribution in [0.4, 0.5) is 0 Å². The molecule has 31 heavy (non-hydrogen) atoms. The second-order valence-electron chi connectivity index (χ2n) is 7.78. The summed E-state index contributed by atoms with van der Waals surface area (Å²) in [6.45, 7) is 2.16. The molecule has 1 aromatic carbocycles. The van der Waals surface area contributed by atoms with Gasteiger partial charge in [-0.3, -0.25) is 9.59 Å². The lowest BCUT2D eigenvalue weighted by Crippen LogP contribution is -2.45. The predicted molar refractivity (Wildman–Crippen MR) is 112 cm³/mol. The summed E-state index contributed by atoms with van der Waals surface area (Å²) in [7, 11) is 1.59. The fraction of sp³-hybridized carbons (Fsp3) is 0.478. The van der Waals surface area contributed by atoms with Gasteiger partial charge in [-0.15, -0.1) is 0 Å². The van der Waals surface area contributed by atoms with Gasteiger partial charge in [0.15, 0.2) is 17.3 Å². The summed E-state index contributed by atoms with van der Waals surface area (Å²) >= 11 is 0. The molecule has 2 fully saturated rings. The van der Waals surface area contributed by atoms with Crippen LogP contribution in [0.25, 0.3) is 0 Å². The zero-order chi connectivity index (χ0) is 21.6. The number of nitrogens with one attached hydrogen (secondary N) is 1. The smallest absolute Gasteiger partial charge is 0.290 e. The van der Waals surface area contributed by atoms with E-state index in [-0.39, 0.29) is 23.7 Å². The van der Waals surface area contributed by atoms with Gasteiger partial charge in [-0.05, 0) is 55.5 Å². The minimum Gasteiger partial charge on any atom is -0.493 e. The van der Waals surface area contributed by atoms with Gasteiger partial charge in [0.25, 0.3) is 5.91 Å². The van der Waals surface area contributed by atoms with Crippen molar-refractivity contribution in [3.63, 3.8) is 0 Å². The number of hydrogen-bond donors (Lipinski definition) is 1. The van der Waals surface area contributed by atoms with E-state index in [0.29, 0.717) is 37.6 Å². The van der Waals surface area contributed by atoms with E-state index in [2.05, 4.69) is 5.32 Å². The third-order valence-corrected chi connectivity index (χ3v) is 5.69. The van der Waals surface area contributed by atoms with Gasteiger partial charge in [-0.2, -0.15) is 0 Å². The lowest BCUT2D eigenvalue weighted by atomic mass is 10.1. The molecular formula is C23H28N2O6. The summed E-state index contributed by atoms with van der Waals surface area (Å²) in [5.41, 5.74) is 0.886. The second kappa shape index (κ2) is 9.87. The van der Waals surface area contributed by atoms with E-state index in [4.69, 9.17) is 18.6 Å². The fourth-order valence-corrected chi connectivity index (χ4v) is 4.03. The highest BCUT2D eigenvalue weighted by Crippen LogP contribution is 2.29. The van der Waals surface area contributed by atoms with Gasteiger partial charge < -0.3 is 28.8 Å². The number of carbonyl (C=O) groups excluding carboxylic acids is 2. The normalized spacial score (nSPS) is 20.6. The summed E-state index contributed by atoms with van der Waals surface area (Å²) in [5.74, 6) is 1.09. The van der Waals surface area contributed by atoms with Crippen LogP contribution in [0.1, 0.15) is 41.8 Å². The van der Waals surface area contributed by atoms with Crippen molar-refractivity contribution in [3.8, 4) is 11.5 Å². The fourth-order valence-electron chi connectivity index (χ4n) is 4.03. The SMILES string of the molecule is COc1cc(CNC(=O)C2CCCN2C(=O)c2ccco2)ccc1OCC1CCCO1. The molecule has 2 atom stereocenters. The predicted octanol–water partition coefficient (Wildman–Crippen LogP) is 2.77. The van der Waals surface area contributed by atoms with Crippen LogP contribution >= 0.6 is 0 Å². The van der Waals surface area contributed by atoms with Crippen molar-refractivity contribution < 1.29 is 28.2 Å². The van der Waals surface area contributed by atoms with E-state index in [1.54, 1.807) is 24.1 Å². The highest BCUT2D eigenvalue weighted by atomic mass is 16.5. The lowest BCUT2D eigenvalue weighted by molar-refractivity contribution is -0.125. The Morgan fingerprint density at radius 1 is 1.19 bits per heavy atom. The Morgan fingerprint density at radius 2 is 2.10 bits per heavy atom. The Hall–Kier alpha value is -3.00. The first kappa shape index (κ1) is 21.2. The molecule has 0 saturated carbocycles. The molecule has 0 spiro atoms. The van der Waals surface area contributed by atoms with E-state index < -0.39 is 6.04 Å². The minimum atomic E-state index is -0.492. The first-order chi connectivity index (χ1) is 15.2. The third kappa shape index (κ3) is 5.02. The van der Waals surface area contributed by atoms with Crippen molar-refractivity contribution in [2.24, 2.45) is 0 Å². The third-order valence-electron chi connectivity index (χ3n) is 5.69. The van der Waals surface area contributed by atoms with Crippen molar-refractivity contribution in [1.29, 1.82) is 0 Å². The summed E-state index contributed by atoms with van der Waals surface area (Å²) < 4.78 is 22.1. The van der Waals surface area contributed by atoms with E-state index in [1.165, 1.54) is 6.26 Å². The van der Waals surface area contributed by atoms with Gasteiger partial charge in [0.1, 0.15) is 12.6 Å². The molecule has 1 aromatic heterocycles. The van der Waals surface area contributed by atoms with Crippen molar-refractivity contribution in [1.82, 2.24) is 10.2 Å². The van der Waals surface area contributed by atoms with E-state index in [1.807, 2.05) is 18.2 Å².